The van der Waals surface area contributed by atoms with Crippen molar-refractivity contribution < 1.29 is 57.0 Å². The number of aliphatic hydroxyl groups is 5. The Morgan fingerprint density at radius 2 is 0.906 bits per heavy atom. The number of ether oxygens (including phenoxy) is 2. The molecule has 7 N–H and O–H groups in total. The highest BCUT2D eigenvalue weighted by Gasteiger charge is 2.48. The molecule has 1 aliphatic rings. The molecule has 0 aliphatic carbocycles. The van der Waals surface area contributed by atoms with E-state index >= 15 is 0 Å². The number of carbonyl (C=O) groups excluding carboxylic acids is 1. The maximum Gasteiger partial charge on any atom is 0.397 e. The number of carbonyl (C=O) groups is 1. The van der Waals surface area contributed by atoms with Crippen LogP contribution in [-0.4, -0.2) is 107 Å². The van der Waals surface area contributed by atoms with Gasteiger partial charge in [-0.2, -0.15) is 8.42 Å². The second kappa shape index (κ2) is 41.1. The molecule has 8 atom stereocenters. The summed E-state index contributed by atoms with van der Waals surface area (Å²) in [4.78, 5) is 13.2. The molecule has 1 amide bonds. The fourth-order valence-corrected chi connectivity index (χ4v) is 9.33. The van der Waals surface area contributed by atoms with Crippen molar-refractivity contribution in [3.05, 3.63) is 0 Å². The summed E-state index contributed by atoms with van der Waals surface area (Å²) in [6, 6.07) is -1.03. The first-order valence-corrected chi connectivity index (χ1v) is 27.9. The zero-order valence-corrected chi connectivity index (χ0v) is 41.6. The number of hydrogen-bond donors (Lipinski definition) is 7. The van der Waals surface area contributed by atoms with Crippen molar-refractivity contribution >= 4 is 16.3 Å². The predicted molar refractivity (Wildman–Crippen MR) is 256 cm³/mol. The van der Waals surface area contributed by atoms with Crippen LogP contribution in [0.1, 0.15) is 251 Å². The summed E-state index contributed by atoms with van der Waals surface area (Å²) < 4.78 is 47.7. The van der Waals surface area contributed by atoms with Crippen LogP contribution in [0, 0.1) is 0 Å². The molecule has 8 unspecified atom stereocenters. The molecule has 14 heteroatoms. The molecule has 1 rings (SSSR count). The zero-order valence-electron chi connectivity index (χ0n) is 40.7. The van der Waals surface area contributed by atoms with Gasteiger partial charge in [0.05, 0.1) is 25.4 Å². The summed E-state index contributed by atoms with van der Waals surface area (Å²) >= 11 is 0. The van der Waals surface area contributed by atoms with Gasteiger partial charge in [0.15, 0.2) is 6.29 Å². The Morgan fingerprint density at radius 1 is 0.562 bits per heavy atom. The second-order valence-electron chi connectivity index (χ2n) is 19.0. The van der Waals surface area contributed by atoms with Gasteiger partial charge >= 0.3 is 10.4 Å². The number of aliphatic hydroxyl groups excluding tert-OH is 5. The van der Waals surface area contributed by atoms with Crippen molar-refractivity contribution in [2.24, 2.45) is 0 Å². The van der Waals surface area contributed by atoms with Crippen LogP contribution in [0.15, 0.2) is 0 Å². The normalized spacial score (nSPS) is 20.7. The molecule has 64 heavy (non-hydrogen) atoms. The Labute approximate surface area is 390 Å². The summed E-state index contributed by atoms with van der Waals surface area (Å²) in [6.07, 6.45) is 32.8. The molecule has 0 aromatic carbocycles. The largest absolute Gasteiger partial charge is 0.397 e. The van der Waals surface area contributed by atoms with Crippen LogP contribution >= 0.6 is 0 Å². The van der Waals surface area contributed by atoms with E-state index in [0.717, 1.165) is 38.5 Å². The van der Waals surface area contributed by atoms with Crippen LogP contribution in [0.5, 0.6) is 0 Å². The molecule has 1 saturated heterocycles. The third kappa shape index (κ3) is 32.7. The molecule has 0 aromatic heterocycles. The first-order valence-electron chi connectivity index (χ1n) is 26.5. The molecule has 382 valence electrons. The lowest BCUT2D eigenvalue weighted by molar-refractivity contribution is -0.298. The van der Waals surface area contributed by atoms with Gasteiger partial charge in [-0.3, -0.25) is 9.35 Å². The number of rotatable bonds is 46. The second-order valence-corrected chi connectivity index (χ2v) is 20.0. The average molecular weight is 938 g/mol. The molecule has 13 nitrogen and oxygen atoms in total. The van der Waals surface area contributed by atoms with Gasteiger partial charge in [-0.05, 0) is 12.8 Å². The van der Waals surface area contributed by atoms with Gasteiger partial charge in [0.1, 0.15) is 30.5 Å². The first-order chi connectivity index (χ1) is 30.9. The third-order valence-corrected chi connectivity index (χ3v) is 13.5. The van der Waals surface area contributed by atoms with Crippen molar-refractivity contribution in [3.8, 4) is 0 Å². The number of nitrogens with one attached hydrogen (secondary N) is 1. The van der Waals surface area contributed by atoms with E-state index in [1.165, 1.54) is 173 Å². The lowest BCUT2D eigenvalue weighted by Crippen LogP contribution is -2.61. The van der Waals surface area contributed by atoms with Crippen LogP contribution < -0.4 is 5.32 Å². The topological polar surface area (TPSA) is 212 Å². The van der Waals surface area contributed by atoms with Crippen LogP contribution in [0.2, 0.25) is 0 Å². The maximum absolute atomic E-state index is 13.2. The van der Waals surface area contributed by atoms with E-state index in [2.05, 4.69) is 23.3 Å². The number of unbranched alkanes of at least 4 members (excludes halogenated alkanes) is 33. The predicted octanol–water partition coefficient (Wildman–Crippen LogP) is 10.3. The van der Waals surface area contributed by atoms with E-state index in [1.807, 2.05) is 0 Å². The molecular formula is C50H99NO12S. The van der Waals surface area contributed by atoms with Gasteiger partial charge < -0.3 is 40.3 Å². The van der Waals surface area contributed by atoms with Gasteiger partial charge in [0.25, 0.3) is 0 Å². The summed E-state index contributed by atoms with van der Waals surface area (Å²) in [6.45, 7) is 3.32. The monoisotopic (exact) mass is 938 g/mol. The van der Waals surface area contributed by atoms with Gasteiger partial charge in [0, 0.05) is 0 Å². The maximum atomic E-state index is 13.2. The van der Waals surface area contributed by atoms with E-state index in [9.17, 15) is 43.3 Å². The third-order valence-electron chi connectivity index (χ3n) is 13.0. The summed E-state index contributed by atoms with van der Waals surface area (Å²) in [5.41, 5.74) is 0. The van der Waals surface area contributed by atoms with E-state index < -0.39 is 78.5 Å². The lowest BCUT2D eigenvalue weighted by Gasteiger charge is -2.41. The average Bonchev–Trinajstić information content (AvgIpc) is 3.27. The molecule has 0 radical (unpaired) electrons. The Bertz CT molecular complexity index is 1170. The highest BCUT2D eigenvalue weighted by molar-refractivity contribution is 7.80. The van der Waals surface area contributed by atoms with E-state index in [1.54, 1.807) is 0 Å². The van der Waals surface area contributed by atoms with Gasteiger partial charge in [0.2, 0.25) is 5.91 Å². The van der Waals surface area contributed by atoms with E-state index in [-0.39, 0.29) is 6.42 Å². The van der Waals surface area contributed by atoms with Crippen molar-refractivity contribution in [1.82, 2.24) is 5.32 Å². The molecule has 0 aromatic rings. The van der Waals surface area contributed by atoms with Crippen LogP contribution in [0.25, 0.3) is 0 Å². The van der Waals surface area contributed by atoms with Crippen molar-refractivity contribution in [2.45, 2.75) is 300 Å². The van der Waals surface area contributed by atoms with E-state index in [0.29, 0.717) is 19.3 Å². The SMILES string of the molecule is CCCCCCCCCCCCCCCCCCCCCCC(O)C(COC1OC(CO)C(O)C(OS(=O)(=O)O)C1O)NC(=O)C(O)CCCCCCCCCCCCCCCCC. The van der Waals surface area contributed by atoms with Crippen LogP contribution in [0.3, 0.4) is 0 Å². The standard InChI is InChI=1S/C50H99NO12S/c1-3-5-7-9-11-13-15-17-19-20-21-22-23-25-26-28-30-32-34-36-38-43(53)42(41-61-50-47(56)48(63-64(58,59)60)46(55)45(40-52)62-50)51-49(57)44(54)39-37-35-33-31-29-27-24-18-16-14-12-10-8-6-4-2/h42-48,50,52-56H,3-41H2,1-2H3,(H,51,57)(H,58,59,60). The molecule has 0 spiro atoms. The van der Waals surface area contributed by atoms with Crippen molar-refractivity contribution in [2.75, 3.05) is 13.2 Å². The molecule has 1 aliphatic heterocycles. The first kappa shape index (κ1) is 61.1. The van der Waals surface area contributed by atoms with Crippen molar-refractivity contribution in [3.63, 3.8) is 0 Å². The van der Waals surface area contributed by atoms with Crippen LogP contribution in [0.4, 0.5) is 0 Å². The van der Waals surface area contributed by atoms with Gasteiger partial charge in [-0.25, -0.2) is 4.18 Å². The molecular weight excluding hydrogens is 839 g/mol. The Balaban J connectivity index is 2.46. The Kier molecular flexibility index (Phi) is 39.2. The van der Waals surface area contributed by atoms with E-state index in [4.69, 9.17) is 9.47 Å². The summed E-state index contributed by atoms with van der Waals surface area (Å²) in [5.74, 6) is -0.664. The summed E-state index contributed by atoms with van der Waals surface area (Å²) in [7, 11) is -5.11. The number of hydrogen-bond acceptors (Lipinski definition) is 11. The van der Waals surface area contributed by atoms with Gasteiger partial charge in [-0.15, -0.1) is 0 Å². The highest BCUT2D eigenvalue weighted by atomic mass is 32.3. The molecule has 1 heterocycles. The summed E-state index contributed by atoms with van der Waals surface area (Å²) in [5, 5.41) is 55.6. The molecule has 1 fully saturated rings. The fraction of sp³-hybridized carbons (Fsp3) is 0.980. The Morgan fingerprint density at radius 3 is 1.25 bits per heavy atom. The van der Waals surface area contributed by atoms with Gasteiger partial charge in [-0.1, -0.05) is 239 Å². The smallest absolute Gasteiger partial charge is 0.394 e. The minimum Gasteiger partial charge on any atom is -0.394 e. The van der Waals surface area contributed by atoms with Crippen molar-refractivity contribution in [1.29, 1.82) is 0 Å². The Hall–Kier alpha value is -0.940. The lowest BCUT2D eigenvalue weighted by atomic mass is 9.99. The minimum absolute atomic E-state index is 0.266. The molecule has 0 saturated carbocycles. The minimum atomic E-state index is -5.11. The number of amides is 1. The quantitative estimate of drug-likeness (QED) is 0.0224. The highest BCUT2D eigenvalue weighted by Crippen LogP contribution is 2.26. The van der Waals surface area contributed by atoms with Crippen LogP contribution in [-0.2, 0) is 28.9 Å². The zero-order chi connectivity index (χ0) is 47.1. The molecule has 0 bridgehead atoms. The fourth-order valence-electron chi connectivity index (χ4n) is 8.82.